The molecule has 3 nitrogen and oxygen atoms in total. The highest BCUT2D eigenvalue weighted by molar-refractivity contribution is 5.79. The van der Waals surface area contributed by atoms with Gasteiger partial charge in [-0.05, 0) is 42.3 Å². The van der Waals surface area contributed by atoms with Crippen molar-refractivity contribution >= 4 is 16.7 Å². The van der Waals surface area contributed by atoms with E-state index < -0.39 is 0 Å². The minimum absolute atomic E-state index is 0.197. The first-order chi connectivity index (χ1) is 9.74. The van der Waals surface area contributed by atoms with Crippen molar-refractivity contribution in [2.45, 2.75) is 12.8 Å². The molecule has 0 saturated heterocycles. The summed E-state index contributed by atoms with van der Waals surface area (Å²) in [5, 5.41) is 3.11. The highest BCUT2D eigenvalue weighted by Crippen LogP contribution is 2.17. The van der Waals surface area contributed by atoms with E-state index in [4.69, 9.17) is 0 Å². The fourth-order valence-corrected chi connectivity index (χ4v) is 2.25. The van der Waals surface area contributed by atoms with E-state index >= 15 is 0 Å². The first-order valence-corrected chi connectivity index (χ1v) is 6.65. The van der Waals surface area contributed by atoms with Crippen LogP contribution in [0.2, 0.25) is 0 Å². The predicted octanol–water partition coefficient (Wildman–Crippen LogP) is 3.53. The smallest absolute Gasteiger partial charge is 0.123 e. The van der Waals surface area contributed by atoms with Crippen molar-refractivity contribution in [2.75, 3.05) is 12.4 Å². The van der Waals surface area contributed by atoms with Crippen molar-refractivity contribution in [2.24, 2.45) is 0 Å². The Morgan fingerprint density at radius 1 is 1.10 bits per heavy atom. The van der Waals surface area contributed by atoms with Gasteiger partial charge in [-0.25, -0.2) is 9.37 Å². The van der Waals surface area contributed by atoms with Crippen LogP contribution in [0.5, 0.6) is 0 Å². The molecule has 2 aromatic carbocycles. The minimum Gasteiger partial charge on any atom is -0.388 e. The number of benzene rings is 2. The van der Waals surface area contributed by atoms with E-state index in [1.807, 2.05) is 37.4 Å². The summed E-state index contributed by atoms with van der Waals surface area (Å²) in [6, 6.07) is 12.7. The van der Waals surface area contributed by atoms with Gasteiger partial charge in [0.05, 0.1) is 11.0 Å². The molecule has 3 rings (SSSR count). The van der Waals surface area contributed by atoms with Gasteiger partial charge in [0.25, 0.3) is 0 Å². The van der Waals surface area contributed by atoms with Gasteiger partial charge in [-0.15, -0.1) is 0 Å². The SMILES string of the molecule is CNc1ccc2nc(CCc3ccc(F)cc3)[nH]c2c1. The van der Waals surface area contributed by atoms with Gasteiger partial charge in [0, 0.05) is 19.2 Å². The highest BCUT2D eigenvalue weighted by atomic mass is 19.1. The van der Waals surface area contributed by atoms with Crippen LogP contribution in [0.25, 0.3) is 11.0 Å². The van der Waals surface area contributed by atoms with Crippen molar-refractivity contribution in [3.8, 4) is 0 Å². The third-order valence-corrected chi connectivity index (χ3v) is 3.38. The molecule has 4 heteroatoms. The summed E-state index contributed by atoms with van der Waals surface area (Å²) in [6.45, 7) is 0. The Balaban J connectivity index is 1.75. The monoisotopic (exact) mass is 269 g/mol. The predicted molar refractivity (Wildman–Crippen MR) is 79.4 cm³/mol. The lowest BCUT2D eigenvalue weighted by molar-refractivity contribution is 0.627. The summed E-state index contributed by atoms with van der Waals surface area (Å²) >= 11 is 0. The van der Waals surface area contributed by atoms with E-state index in [9.17, 15) is 4.39 Å². The van der Waals surface area contributed by atoms with Crippen molar-refractivity contribution in [1.82, 2.24) is 9.97 Å². The maximum Gasteiger partial charge on any atom is 0.123 e. The average molecular weight is 269 g/mol. The molecule has 0 spiro atoms. The van der Waals surface area contributed by atoms with E-state index in [2.05, 4.69) is 15.3 Å². The number of halogens is 1. The lowest BCUT2D eigenvalue weighted by atomic mass is 10.1. The molecule has 0 bridgehead atoms. The van der Waals surface area contributed by atoms with Crippen molar-refractivity contribution < 1.29 is 4.39 Å². The molecule has 3 aromatic rings. The largest absolute Gasteiger partial charge is 0.388 e. The number of H-pyrrole nitrogens is 1. The van der Waals surface area contributed by atoms with Crippen LogP contribution in [0.15, 0.2) is 42.5 Å². The van der Waals surface area contributed by atoms with E-state index in [-0.39, 0.29) is 5.82 Å². The normalized spacial score (nSPS) is 10.9. The van der Waals surface area contributed by atoms with E-state index in [0.29, 0.717) is 0 Å². The molecule has 0 saturated carbocycles. The van der Waals surface area contributed by atoms with Crippen LogP contribution in [0.3, 0.4) is 0 Å². The third kappa shape index (κ3) is 2.64. The maximum absolute atomic E-state index is 12.8. The van der Waals surface area contributed by atoms with Crippen molar-refractivity contribution in [1.29, 1.82) is 0 Å². The number of rotatable bonds is 4. The molecule has 0 aliphatic heterocycles. The van der Waals surface area contributed by atoms with Gasteiger partial charge in [0.2, 0.25) is 0 Å². The quantitative estimate of drug-likeness (QED) is 0.760. The minimum atomic E-state index is -0.197. The van der Waals surface area contributed by atoms with Crippen LogP contribution in [0.1, 0.15) is 11.4 Å². The van der Waals surface area contributed by atoms with E-state index in [0.717, 1.165) is 41.0 Å². The van der Waals surface area contributed by atoms with Gasteiger partial charge < -0.3 is 10.3 Å². The average Bonchev–Trinajstić information content (AvgIpc) is 2.88. The Hall–Kier alpha value is -2.36. The molecule has 2 N–H and O–H groups in total. The molecule has 0 amide bonds. The second-order valence-corrected chi connectivity index (χ2v) is 4.79. The lowest BCUT2D eigenvalue weighted by Crippen LogP contribution is -1.93. The topological polar surface area (TPSA) is 40.7 Å². The van der Waals surface area contributed by atoms with Crippen LogP contribution in [0, 0.1) is 5.82 Å². The molecule has 1 aromatic heterocycles. The summed E-state index contributed by atoms with van der Waals surface area (Å²) in [5.41, 5.74) is 4.18. The zero-order valence-electron chi connectivity index (χ0n) is 11.3. The molecule has 0 fully saturated rings. The van der Waals surface area contributed by atoms with Gasteiger partial charge in [-0.1, -0.05) is 12.1 Å². The van der Waals surface area contributed by atoms with Gasteiger partial charge in [0.15, 0.2) is 0 Å². The standard InChI is InChI=1S/C16H16FN3/c1-18-13-7-8-14-15(10-13)20-16(19-14)9-4-11-2-5-12(17)6-3-11/h2-3,5-8,10,18H,4,9H2,1H3,(H,19,20). The van der Waals surface area contributed by atoms with Crippen LogP contribution in [-0.2, 0) is 12.8 Å². The number of anilines is 1. The first kappa shape index (κ1) is 12.7. The Morgan fingerprint density at radius 2 is 1.90 bits per heavy atom. The zero-order valence-corrected chi connectivity index (χ0v) is 11.3. The molecule has 102 valence electrons. The highest BCUT2D eigenvalue weighted by Gasteiger charge is 2.04. The van der Waals surface area contributed by atoms with E-state index in [1.54, 1.807) is 0 Å². The van der Waals surface area contributed by atoms with Crippen LogP contribution in [-0.4, -0.2) is 17.0 Å². The summed E-state index contributed by atoms with van der Waals surface area (Å²) in [7, 11) is 1.90. The Bertz CT molecular complexity index is 716. The number of nitrogens with one attached hydrogen (secondary N) is 2. The molecule has 0 atom stereocenters. The zero-order chi connectivity index (χ0) is 13.9. The van der Waals surface area contributed by atoms with Crippen LogP contribution in [0.4, 0.5) is 10.1 Å². The number of nitrogens with zero attached hydrogens (tertiary/aromatic N) is 1. The number of aromatic nitrogens is 2. The van der Waals surface area contributed by atoms with Crippen LogP contribution < -0.4 is 5.32 Å². The summed E-state index contributed by atoms with van der Waals surface area (Å²) in [6.07, 6.45) is 1.66. The van der Waals surface area contributed by atoms with Crippen LogP contribution >= 0.6 is 0 Å². The molecule has 1 heterocycles. The summed E-state index contributed by atoms with van der Waals surface area (Å²) in [4.78, 5) is 7.89. The fraction of sp³-hybridized carbons (Fsp3) is 0.188. The Labute approximate surface area is 116 Å². The summed E-state index contributed by atoms with van der Waals surface area (Å²) < 4.78 is 12.8. The molecule has 0 aliphatic rings. The first-order valence-electron chi connectivity index (χ1n) is 6.65. The van der Waals surface area contributed by atoms with Gasteiger partial charge in [-0.3, -0.25) is 0 Å². The third-order valence-electron chi connectivity index (χ3n) is 3.38. The summed E-state index contributed by atoms with van der Waals surface area (Å²) in [5.74, 6) is 0.759. The number of fused-ring (bicyclic) bond motifs is 1. The number of imidazole rings is 1. The Morgan fingerprint density at radius 3 is 2.65 bits per heavy atom. The number of aryl methyl sites for hydroxylation is 2. The molecular weight excluding hydrogens is 253 g/mol. The van der Waals surface area contributed by atoms with Gasteiger partial charge >= 0.3 is 0 Å². The number of hydrogen-bond acceptors (Lipinski definition) is 2. The van der Waals surface area contributed by atoms with E-state index in [1.165, 1.54) is 12.1 Å². The molecular formula is C16H16FN3. The lowest BCUT2D eigenvalue weighted by Gasteiger charge is -1.99. The van der Waals surface area contributed by atoms with Crippen molar-refractivity contribution in [3.05, 3.63) is 59.7 Å². The fourth-order valence-electron chi connectivity index (χ4n) is 2.25. The molecule has 20 heavy (non-hydrogen) atoms. The van der Waals surface area contributed by atoms with Gasteiger partial charge in [0.1, 0.15) is 11.6 Å². The second-order valence-electron chi connectivity index (χ2n) is 4.79. The number of hydrogen-bond donors (Lipinski definition) is 2. The number of aromatic amines is 1. The second kappa shape index (κ2) is 5.33. The molecule has 0 aliphatic carbocycles. The maximum atomic E-state index is 12.8. The Kier molecular flexibility index (Phi) is 3.37. The van der Waals surface area contributed by atoms with Gasteiger partial charge in [-0.2, -0.15) is 0 Å². The van der Waals surface area contributed by atoms with Crippen molar-refractivity contribution in [3.63, 3.8) is 0 Å². The molecule has 0 unspecified atom stereocenters. The molecule has 0 radical (unpaired) electrons.